The number of ether oxygens (including phenoxy) is 1. The van der Waals surface area contributed by atoms with E-state index in [1.54, 1.807) is 36.4 Å². The van der Waals surface area contributed by atoms with Crippen LogP contribution < -0.4 is 10.1 Å². The number of amides is 1. The normalized spacial score (nSPS) is 10.9. The second kappa shape index (κ2) is 9.07. The Hall–Kier alpha value is -4.27. The minimum absolute atomic E-state index is 0.0391. The molecule has 33 heavy (non-hydrogen) atoms. The van der Waals surface area contributed by atoms with E-state index < -0.39 is 29.3 Å². The number of fused-ring (bicyclic) bond motifs is 1. The number of nitrogens with zero attached hydrogens (tertiary/aromatic N) is 2. The van der Waals surface area contributed by atoms with Crippen molar-refractivity contribution in [2.75, 3.05) is 7.11 Å². The molecule has 0 radical (unpaired) electrons. The van der Waals surface area contributed by atoms with Gasteiger partial charge in [-0.3, -0.25) is 9.48 Å². The second-order valence-corrected chi connectivity index (χ2v) is 7.30. The lowest BCUT2D eigenvalue weighted by atomic mass is 10.1. The van der Waals surface area contributed by atoms with Crippen molar-refractivity contribution in [2.24, 2.45) is 0 Å². The summed E-state index contributed by atoms with van der Waals surface area (Å²) in [4.78, 5) is 24.1. The van der Waals surface area contributed by atoms with E-state index in [2.05, 4.69) is 10.4 Å². The van der Waals surface area contributed by atoms with Crippen LogP contribution in [0.1, 0.15) is 32.0 Å². The number of benzene rings is 3. The molecule has 0 atom stereocenters. The standard InChI is InChI=1S/C24H19F2N3O4/c1-33-22-18(25)10-15(11-19(22)26)13-29-21(17-4-2-3-5-20(17)28-29)23(30)27-12-14-6-8-16(9-7-14)24(31)32/h2-11H,12-13H2,1H3,(H,27,30)(H,31,32). The van der Waals surface area contributed by atoms with Crippen molar-refractivity contribution >= 4 is 22.8 Å². The van der Waals surface area contributed by atoms with Gasteiger partial charge in [0.15, 0.2) is 17.4 Å². The van der Waals surface area contributed by atoms with Gasteiger partial charge in [-0.1, -0.05) is 30.3 Å². The number of nitrogens with one attached hydrogen (secondary N) is 1. The maximum absolute atomic E-state index is 14.2. The monoisotopic (exact) mass is 451 g/mol. The zero-order valence-corrected chi connectivity index (χ0v) is 17.5. The van der Waals surface area contributed by atoms with Crippen molar-refractivity contribution in [1.82, 2.24) is 15.1 Å². The largest absolute Gasteiger partial charge is 0.491 e. The van der Waals surface area contributed by atoms with Gasteiger partial charge >= 0.3 is 5.97 Å². The molecule has 3 aromatic carbocycles. The third-order valence-corrected chi connectivity index (χ3v) is 5.11. The van der Waals surface area contributed by atoms with Gasteiger partial charge in [-0.15, -0.1) is 0 Å². The first-order valence-electron chi connectivity index (χ1n) is 9.95. The average Bonchev–Trinajstić information content (AvgIpc) is 3.15. The predicted octanol–water partition coefficient (Wildman–Crippen LogP) is 4.00. The van der Waals surface area contributed by atoms with Gasteiger partial charge < -0.3 is 15.2 Å². The maximum atomic E-state index is 14.2. The second-order valence-electron chi connectivity index (χ2n) is 7.30. The predicted molar refractivity (Wildman–Crippen MR) is 116 cm³/mol. The Kier molecular flexibility index (Phi) is 6.03. The van der Waals surface area contributed by atoms with Crippen LogP contribution in [0.2, 0.25) is 0 Å². The fraction of sp³-hybridized carbons (Fsp3) is 0.125. The summed E-state index contributed by atoms with van der Waals surface area (Å²) in [6, 6.07) is 15.4. The van der Waals surface area contributed by atoms with Crippen LogP contribution >= 0.6 is 0 Å². The van der Waals surface area contributed by atoms with Crippen molar-refractivity contribution < 1.29 is 28.2 Å². The van der Waals surface area contributed by atoms with E-state index in [-0.39, 0.29) is 29.9 Å². The summed E-state index contributed by atoms with van der Waals surface area (Å²) in [5, 5.41) is 16.8. The molecule has 0 saturated carbocycles. The smallest absolute Gasteiger partial charge is 0.335 e. The van der Waals surface area contributed by atoms with Crippen molar-refractivity contribution in [3.05, 3.63) is 94.7 Å². The SMILES string of the molecule is COc1c(F)cc(Cn2nc3ccccc3c2C(=O)NCc2ccc(C(=O)O)cc2)cc1F. The number of carbonyl (C=O) groups excluding carboxylic acids is 1. The molecule has 1 heterocycles. The van der Waals surface area contributed by atoms with E-state index in [0.29, 0.717) is 16.5 Å². The molecule has 0 fully saturated rings. The van der Waals surface area contributed by atoms with Crippen LogP contribution in [0.25, 0.3) is 10.9 Å². The third-order valence-electron chi connectivity index (χ3n) is 5.11. The molecule has 1 amide bonds. The quantitative estimate of drug-likeness (QED) is 0.443. The van der Waals surface area contributed by atoms with Crippen LogP contribution in [0.3, 0.4) is 0 Å². The maximum Gasteiger partial charge on any atom is 0.335 e. The number of aromatic nitrogens is 2. The molecule has 2 N–H and O–H groups in total. The summed E-state index contributed by atoms with van der Waals surface area (Å²) < 4.78 is 34.4. The average molecular weight is 451 g/mol. The summed E-state index contributed by atoms with van der Waals surface area (Å²) in [6.07, 6.45) is 0. The molecule has 0 unspecified atom stereocenters. The zero-order chi connectivity index (χ0) is 23.5. The highest BCUT2D eigenvalue weighted by Crippen LogP contribution is 2.25. The van der Waals surface area contributed by atoms with Gasteiger partial charge in [-0.2, -0.15) is 5.10 Å². The number of carbonyl (C=O) groups is 2. The number of halogens is 2. The fourth-order valence-electron chi connectivity index (χ4n) is 3.54. The number of rotatable bonds is 7. The van der Waals surface area contributed by atoms with Crippen LogP contribution in [-0.4, -0.2) is 33.9 Å². The summed E-state index contributed by atoms with van der Waals surface area (Å²) >= 11 is 0. The third kappa shape index (κ3) is 4.52. The summed E-state index contributed by atoms with van der Waals surface area (Å²) in [5.41, 5.74) is 1.93. The van der Waals surface area contributed by atoms with Crippen LogP contribution in [0.5, 0.6) is 5.75 Å². The van der Waals surface area contributed by atoms with Gasteiger partial charge in [-0.05, 0) is 41.5 Å². The van der Waals surface area contributed by atoms with E-state index >= 15 is 0 Å². The van der Waals surface area contributed by atoms with E-state index in [1.165, 1.54) is 23.9 Å². The van der Waals surface area contributed by atoms with E-state index in [0.717, 1.165) is 12.1 Å². The number of hydrogen-bond acceptors (Lipinski definition) is 4. The molecule has 0 aliphatic rings. The first-order chi connectivity index (χ1) is 15.9. The van der Waals surface area contributed by atoms with Gasteiger partial charge in [0.2, 0.25) is 0 Å². The first kappa shape index (κ1) is 21.9. The molecule has 1 aromatic heterocycles. The van der Waals surface area contributed by atoms with Gasteiger partial charge in [-0.25, -0.2) is 13.6 Å². The lowest BCUT2D eigenvalue weighted by Crippen LogP contribution is -2.26. The highest BCUT2D eigenvalue weighted by molar-refractivity contribution is 6.05. The van der Waals surface area contributed by atoms with Crippen LogP contribution in [0, 0.1) is 11.6 Å². The number of hydrogen-bond donors (Lipinski definition) is 2. The zero-order valence-electron chi connectivity index (χ0n) is 17.5. The number of carboxylic acids is 1. The molecule has 7 nitrogen and oxygen atoms in total. The van der Waals surface area contributed by atoms with E-state index in [4.69, 9.17) is 9.84 Å². The van der Waals surface area contributed by atoms with Crippen LogP contribution in [-0.2, 0) is 13.1 Å². The molecule has 0 bridgehead atoms. The van der Waals surface area contributed by atoms with Gasteiger partial charge in [0, 0.05) is 11.9 Å². The van der Waals surface area contributed by atoms with Crippen molar-refractivity contribution in [2.45, 2.75) is 13.1 Å². The molecule has 0 aliphatic carbocycles. The summed E-state index contributed by atoms with van der Waals surface area (Å²) in [6.45, 7) is 0.118. The van der Waals surface area contributed by atoms with E-state index in [1.807, 2.05) is 0 Å². The molecule has 0 spiro atoms. The Morgan fingerprint density at radius 1 is 1.03 bits per heavy atom. The molecule has 168 valence electrons. The Bertz CT molecular complexity index is 1330. The van der Waals surface area contributed by atoms with Crippen molar-refractivity contribution in [3.63, 3.8) is 0 Å². The lowest BCUT2D eigenvalue weighted by molar-refractivity contribution is 0.0696. The number of aromatic carboxylic acids is 1. The van der Waals surface area contributed by atoms with Crippen LogP contribution in [0.4, 0.5) is 8.78 Å². The Labute approximate surface area is 187 Å². The van der Waals surface area contributed by atoms with Crippen molar-refractivity contribution in [1.29, 1.82) is 0 Å². The topological polar surface area (TPSA) is 93.5 Å². The van der Waals surface area contributed by atoms with Gasteiger partial charge in [0.1, 0.15) is 5.69 Å². The Morgan fingerprint density at radius 3 is 2.33 bits per heavy atom. The number of methoxy groups -OCH3 is 1. The van der Waals surface area contributed by atoms with Gasteiger partial charge in [0.25, 0.3) is 5.91 Å². The molecule has 0 saturated heterocycles. The van der Waals surface area contributed by atoms with E-state index in [9.17, 15) is 18.4 Å². The minimum Gasteiger partial charge on any atom is -0.491 e. The summed E-state index contributed by atoms with van der Waals surface area (Å²) in [7, 11) is 1.18. The molecule has 0 aliphatic heterocycles. The summed E-state index contributed by atoms with van der Waals surface area (Å²) in [5.74, 6) is -3.64. The van der Waals surface area contributed by atoms with Gasteiger partial charge in [0.05, 0.1) is 24.7 Å². The van der Waals surface area contributed by atoms with Crippen LogP contribution in [0.15, 0.2) is 60.7 Å². The Balaban J connectivity index is 1.62. The minimum atomic E-state index is -1.03. The molecule has 4 aromatic rings. The lowest BCUT2D eigenvalue weighted by Gasteiger charge is -2.11. The highest BCUT2D eigenvalue weighted by Gasteiger charge is 2.20. The highest BCUT2D eigenvalue weighted by atomic mass is 19.1. The molecule has 4 rings (SSSR count). The number of carboxylic acid groups (broad SMARTS) is 1. The fourth-order valence-corrected chi connectivity index (χ4v) is 3.54. The molecular weight excluding hydrogens is 432 g/mol. The van der Waals surface area contributed by atoms with Crippen molar-refractivity contribution in [3.8, 4) is 5.75 Å². The Morgan fingerprint density at radius 2 is 1.70 bits per heavy atom. The molecule has 9 heteroatoms. The first-order valence-corrected chi connectivity index (χ1v) is 9.95. The molecular formula is C24H19F2N3O4.